The summed E-state index contributed by atoms with van der Waals surface area (Å²) in [6, 6.07) is -1.79. The summed E-state index contributed by atoms with van der Waals surface area (Å²) >= 11 is 0. The molecule has 0 aliphatic heterocycles. The second-order valence-electron chi connectivity index (χ2n) is 3.84. The van der Waals surface area contributed by atoms with Crippen molar-refractivity contribution in [1.29, 1.82) is 0 Å². The molecule has 0 aliphatic carbocycles. The number of hydrogen-bond donors (Lipinski definition) is 4. The van der Waals surface area contributed by atoms with Crippen LogP contribution in [0.2, 0.25) is 0 Å². The highest BCUT2D eigenvalue weighted by Gasteiger charge is 2.19. The predicted octanol–water partition coefficient (Wildman–Crippen LogP) is -1.46. The van der Waals surface area contributed by atoms with Crippen molar-refractivity contribution in [2.45, 2.75) is 12.5 Å². The van der Waals surface area contributed by atoms with Crippen LogP contribution in [0.1, 0.15) is 6.42 Å². The molecule has 0 fully saturated rings. The minimum Gasteiger partial charge on any atom is -0.480 e. The number of ether oxygens (including phenoxy) is 2. The van der Waals surface area contributed by atoms with E-state index >= 15 is 0 Å². The van der Waals surface area contributed by atoms with E-state index in [1.807, 2.05) is 0 Å². The average molecular weight is 291 g/mol. The van der Waals surface area contributed by atoms with E-state index in [1.165, 1.54) is 14.2 Å². The summed E-state index contributed by atoms with van der Waals surface area (Å²) in [6.45, 7) is 0.668. The number of carboxylic acids is 1. The van der Waals surface area contributed by atoms with E-state index in [0.717, 1.165) is 0 Å². The SMILES string of the molecule is COCCNC(=O)CNC(=O)NC(CCOC)C(=O)O. The van der Waals surface area contributed by atoms with Crippen molar-refractivity contribution in [3.63, 3.8) is 0 Å². The van der Waals surface area contributed by atoms with E-state index < -0.39 is 18.0 Å². The van der Waals surface area contributed by atoms with Crippen LogP contribution in [-0.2, 0) is 19.1 Å². The van der Waals surface area contributed by atoms with Crippen LogP contribution in [0.3, 0.4) is 0 Å². The number of carboxylic acid groups (broad SMARTS) is 1. The number of carbonyl (C=O) groups is 3. The fourth-order valence-electron chi connectivity index (χ4n) is 1.22. The molecular weight excluding hydrogens is 270 g/mol. The van der Waals surface area contributed by atoms with Gasteiger partial charge >= 0.3 is 12.0 Å². The molecule has 116 valence electrons. The molecular formula is C11H21N3O6. The Kier molecular flexibility index (Phi) is 9.97. The normalized spacial score (nSPS) is 11.5. The zero-order valence-electron chi connectivity index (χ0n) is 11.6. The maximum absolute atomic E-state index is 11.4. The highest BCUT2D eigenvalue weighted by molar-refractivity contribution is 5.86. The Morgan fingerprint density at radius 1 is 1.10 bits per heavy atom. The number of aliphatic carboxylic acids is 1. The molecule has 0 aromatic carbocycles. The second kappa shape index (κ2) is 11.0. The lowest BCUT2D eigenvalue weighted by molar-refractivity contribution is -0.139. The van der Waals surface area contributed by atoms with Crippen molar-refractivity contribution < 1.29 is 29.0 Å². The zero-order chi connectivity index (χ0) is 15.4. The van der Waals surface area contributed by atoms with Crippen LogP contribution in [-0.4, -0.2) is 69.6 Å². The van der Waals surface area contributed by atoms with E-state index in [9.17, 15) is 14.4 Å². The van der Waals surface area contributed by atoms with Crippen molar-refractivity contribution in [3.8, 4) is 0 Å². The van der Waals surface area contributed by atoms with Gasteiger partial charge in [0.15, 0.2) is 0 Å². The molecule has 0 bridgehead atoms. The summed E-state index contributed by atoms with van der Waals surface area (Å²) in [5, 5.41) is 15.9. The second-order valence-corrected chi connectivity index (χ2v) is 3.84. The Morgan fingerprint density at radius 2 is 1.75 bits per heavy atom. The molecule has 9 heteroatoms. The molecule has 0 aromatic rings. The van der Waals surface area contributed by atoms with Crippen LogP contribution >= 0.6 is 0 Å². The van der Waals surface area contributed by atoms with Crippen molar-refractivity contribution in [2.24, 2.45) is 0 Å². The maximum Gasteiger partial charge on any atom is 0.326 e. The molecule has 9 nitrogen and oxygen atoms in total. The van der Waals surface area contributed by atoms with Crippen molar-refractivity contribution in [3.05, 3.63) is 0 Å². The first-order chi connectivity index (χ1) is 9.51. The highest BCUT2D eigenvalue weighted by Crippen LogP contribution is 1.92. The average Bonchev–Trinajstić information content (AvgIpc) is 2.41. The molecule has 0 radical (unpaired) electrons. The van der Waals surface area contributed by atoms with Gasteiger partial charge in [0, 0.05) is 33.8 Å². The van der Waals surface area contributed by atoms with E-state index in [4.69, 9.17) is 14.6 Å². The monoisotopic (exact) mass is 291 g/mol. The van der Waals surface area contributed by atoms with Gasteiger partial charge in [0.25, 0.3) is 0 Å². The minimum absolute atomic E-state index is 0.138. The Balaban J connectivity index is 3.95. The summed E-state index contributed by atoms with van der Waals surface area (Å²) in [5.41, 5.74) is 0. The van der Waals surface area contributed by atoms with Gasteiger partial charge in [0.1, 0.15) is 6.04 Å². The third-order valence-corrected chi connectivity index (χ3v) is 2.25. The number of nitrogens with one attached hydrogen (secondary N) is 3. The number of amides is 3. The van der Waals surface area contributed by atoms with E-state index in [2.05, 4.69) is 16.0 Å². The molecule has 1 atom stereocenters. The van der Waals surface area contributed by atoms with Crippen LogP contribution in [0.5, 0.6) is 0 Å². The van der Waals surface area contributed by atoms with Crippen molar-refractivity contribution in [1.82, 2.24) is 16.0 Å². The first-order valence-corrected chi connectivity index (χ1v) is 6.03. The standard InChI is InChI=1S/C11H21N3O6/c1-19-5-3-8(10(16)17)14-11(18)13-7-9(15)12-4-6-20-2/h8H,3-7H2,1-2H3,(H,12,15)(H,16,17)(H2,13,14,18). The highest BCUT2D eigenvalue weighted by atomic mass is 16.5. The molecule has 4 N–H and O–H groups in total. The maximum atomic E-state index is 11.4. The molecule has 0 spiro atoms. The lowest BCUT2D eigenvalue weighted by Gasteiger charge is -2.14. The van der Waals surface area contributed by atoms with Gasteiger partial charge in [-0.25, -0.2) is 9.59 Å². The third-order valence-electron chi connectivity index (χ3n) is 2.25. The van der Waals surface area contributed by atoms with Gasteiger partial charge in [-0.2, -0.15) is 0 Å². The zero-order valence-corrected chi connectivity index (χ0v) is 11.6. The number of urea groups is 1. The smallest absolute Gasteiger partial charge is 0.326 e. The molecule has 0 saturated carbocycles. The summed E-state index contributed by atoms with van der Waals surface area (Å²) in [4.78, 5) is 33.6. The number of hydrogen-bond acceptors (Lipinski definition) is 5. The topological polar surface area (TPSA) is 126 Å². The lowest BCUT2D eigenvalue weighted by Crippen LogP contribution is -2.48. The van der Waals surface area contributed by atoms with E-state index in [0.29, 0.717) is 13.2 Å². The molecule has 0 saturated heterocycles. The van der Waals surface area contributed by atoms with E-state index in [-0.39, 0.29) is 25.5 Å². The van der Waals surface area contributed by atoms with Crippen LogP contribution in [0.4, 0.5) is 4.79 Å². The summed E-state index contributed by atoms with van der Waals surface area (Å²) in [6.07, 6.45) is 0.138. The molecule has 3 amide bonds. The summed E-state index contributed by atoms with van der Waals surface area (Å²) in [5.74, 6) is -1.55. The lowest BCUT2D eigenvalue weighted by atomic mass is 10.2. The Hall–Kier alpha value is -1.87. The van der Waals surface area contributed by atoms with Crippen LogP contribution < -0.4 is 16.0 Å². The largest absolute Gasteiger partial charge is 0.480 e. The van der Waals surface area contributed by atoms with Crippen LogP contribution in [0.15, 0.2) is 0 Å². The van der Waals surface area contributed by atoms with Crippen molar-refractivity contribution in [2.75, 3.05) is 40.5 Å². The molecule has 0 heterocycles. The van der Waals surface area contributed by atoms with Crippen molar-refractivity contribution >= 4 is 17.9 Å². The summed E-state index contributed by atoms with van der Waals surface area (Å²) < 4.78 is 9.49. The van der Waals surface area contributed by atoms with Gasteiger partial charge in [-0.1, -0.05) is 0 Å². The number of carbonyl (C=O) groups excluding carboxylic acids is 2. The third kappa shape index (κ3) is 9.11. The van der Waals surface area contributed by atoms with Gasteiger partial charge < -0.3 is 30.5 Å². The minimum atomic E-state index is -1.17. The Labute approximate surface area is 117 Å². The molecule has 0 rings (SSSR count). The van der Waals surface area contributed by atoms with Gasteiger partial charge in [0.05, 0.1) is 13.2 Å². The van der Waals surface area contributed by atoms with Crippen LogP contribution in [0, 0.1) is 0 Å². The molecule has 20 heavy (non-hydrogen) atoms. The molecule has 0 aromatic heterocycles. The quantitative estimate of drug-likeness (QED) is 0.364. The van der Waals surface area contributed by atoms with Crippen LogP contribution in [0.25, 0.3) is 0 Å². The number of rotatable bonds is 10. The van der Waals surface area contributed by atoms with Gasteiger partial charge in [0.2, 0.25) is 5.91 Å². The van der Waals surface area contributed by atoms with Gasteiger partial charge in [-0.05, 0) is 0 Å². The molecule has 1 unspecified atom stereocenters. The van der Waals surface area contributed by atoms with Gasteiger partial charge in [-0.3, -0.25) is 4.79 Å². The fraction of sp³-hybridized carbons (Fsp3) is 0.727. The Bertz CT molecular complexity index is 323. The first kappa shape index (κ1) is 18.1. The fourth-order valence-corrected chi connectivity index (χ4v) is 1.22. The van der Waals surface area contributed by atoms with Gasteiger partial charge in [-0.15, -0.1) is 0 Å². The van der Waals surface area contributed by atoms with E-state index in [1.54, 1.807) is 0 Å². The molecule has 0 aliphatic rings. The first-order valence-electron chi connectivity index (χ1n) is 6.03. The summed E-state index contributed by atoms with van der Waals surface area (Å²) in [7, 11) is 2.94. The Morgan fingerprint density at radius 3 is 2.30 bits per heavy atom. The predicted molar refractivity (Wildman–Crippen MR) is 69.3 cm³/mol. The number of methoxy groups -OCH3 is 2.